The summed E-state index contributed by atoms with van der Waals surface area (Å²) >= 11 is 0. The van der Waals surface area contributed by atoms with Gasteiger partial charge in [0.1, 0.15) is 17.5 Å². The molecule has 0 bridgehead atoms. The van der Waals surface area contributed by atoms with Crippen molar-refractivity contribution in [2.75, 3.05) is 23.7 Å². The summed E-state index contributed by atoms with van der Waals surface area (Å²) in [5, 5.41) is 0. The summed E-state index contributed by atoms with van der Waals surface area (Å²) < 4.78 is 0. The quantitative estimate of drug-likeness (QED) is 0.904. The summed E-state index contributed by atoms with van der Waals surface area (Å²) in [5.41, 5.74) is 5.93. The van der Waals surface area contributed by atoms with Gasteiger partial charge >= 0.3 is 0 Å². The molecule has 1 aromatic heterocycles. The van der Waals surface area contributed by atoms with Gasteiger partial charge < -0.3 is 10.6 Å². The van der Waals surface area contributed by atoms with E-state index in [4.69, 9.17) is 10.7 Å². The largest absolute Gasteiger partial charge is 0.384 e. The van der Waals surface area contributed by atoms with Gasteiger partial charge in [-0.05, 0) is 31.6 Å². The number of nitrogens with zero attached hydrogens (tertiary/aromatic N) is 3. The molecule has 3 rings (SSSR count). The number of hydrogen-bond donors (Lipinski definition) is 1. The van der Waals surface area contributed by atoms with E-state index in [9.17, 15) is 0 Å². The third-order valence-corrected chi connectivity index (χ3v) is 4.33. The van der Waals surface area contributed by atoms with Crippen LogP contribution in [0, 0.1) is 5.92 Å². The Balaban J connectivity index is 1.69. The molecule has 0 radical (unpaired) electrons. The molecule has 1 saturated heterocycles. The van der Waals surface area contributed by atoms with Crippen LogP contribution in [0.4, 0.5) is 11.6 Å². The maximum atomic E-state index is 5.93. The highest BCUT2D eigenvalue weighted by atomic mass is 15.2. The van der Waals surface area contributed by atoms with Gasteiger partial charge in [-0.25, -0.2) is 9.97 Å². The van der Waals surface area contributed by atoms with Crippen LogP contribution in [0.3, 0.4) is 0 Å². The van der Waals surface area contributed by atoms with Crippen LogP contribution in [0.2, 0.25) is 0 Å². The van der Waals surface area contributed by atoms with Crippen LogP contribution in [0.1, 0.15) is 57.2 Å². The molecule has 4 heteroatoms. The van der Waals surface area contributed by atoms with Crippen LogP contribution < -0.4 is 10.6 Å². The van der Waals surface area contributed by atoms with Gasteiger partial charge in [0.2, 0.25) is 0 Å². The Morgan fingerprint density at radius 2 is 1.95 bits per heavy atom. The highest BCUT2D eigenvalue weighted by Crippen LogP contribution is 2.39. The minimum Gasteiger partial charge on any atom is -0.384 e. The first-order chi connectivity index (χ1) is 9.26. The van der Waals surface area contributed by atoms with Crippen molar-refractivity contribution in [1.29, 1.82) is 0 Å². The number of hydrogen-bond acceptors (Lipinski definition) is 4. The lowest BCUT2D eigenvalue weighted by molar-refractivity contribution is 0.377. The molecular formula is C15H24N4. The lowest BCUT2D eigenvalue weighted by atomic mass is 9.92. The van der Waals surface area contributed by atoms with Crippen molar-refractivity contribution in [1.82, 2.24) is 9.97 Å². The molecule has 0 spiro atoms. The number of anilines is 2. The maximum absolute atomic E-state index is 5.93. The molecule has 2 aliphatic rings. The fourth-order valence-corrected chi connectivity index (χ4v) is 3.02. The van der Waals surface area contributed by atoms with Crippen LogP contribution in [-0.4, -0.2) is 23.1 Å². The van der Waals surface area contributed by atoms with Crippen molar-refractivity contribution < 1.29 is 0 Å². The van der Waals surface area contributed by atoms with E-state index in [2.05, 4.69) is 16.8 Å². The molecule has 19 heavy (non-hydrogen) atoms. The van der Waals surface area contributed by atoms with E-state index in [-0.39, 0.29) is 0 Å². The zero-order valence-corrected chi connectivity index (χ0v) is 11.8. The molecule has 0 amide bonds. The molecule has 1 saturated carbocycles. The monoisotopic (exact) mass is 260 g/mol. The Kier molecular flexibility index (Phi) is 3.58. The summed E-state index contributed by atoms with van der Waals surface area (Å²) in [6.07, 6.45) is 7.69. The lowest BCUT2D eigenvalue weighted by Gasteiger charge is -2.33. The zero-order valence-electron chi connectivity index (χ0n) is 11.8. The van der Waals surface area contributed by atoms with E-state index >= 15 is 0 Å². The molecule has 104 valence electrons. The number of nitrogen functional groups attached to an aromatic ring is 1. The van der Waals surface area contributed by atoms with Crippen molar-refractivity contribution in [2.45, 2.75) is 51.4 Å². The Morgan fingerprint density at radius 3 is 2.58 bits per heavy atom. The van der Waals surface area contributed by atoms with Crippen LogP contribution in [0.15, 0.2) is 6.07 Å². The Labute approximate surface area is 115 Å². The summed E-state index contributed by atoms with van der Waals surface area (Å²) in [6, 6.07) is 1.94. The van der Waals surface area contributed by atoms with Crippen LogP contribution >= 0.6 is 0 Å². The predicted molar refractivity (Wildman–Crippen MR) is 78.3 cm³/mol. The van der Waals surface area contributed by atoms with Crippen molar-refractivity contribution in [3.8, 4) is 0 Å². The highest BCUT2D eigenvalue weighted by molar-refractivity contribution is 5.47. The number of piperidine rings is 1. The van der Waals surface area contributed by atoms with Gasteiger partial charge in [0.25, 0.3) is 0 Å². The third kappa shape index (κ3) is 2.99. The molecule has 1 aliphatic heterocycles. The summed E-state index contributed by atoms with van der Waals surface area (Å²) in [5.74, 6) is 4.11. The van der Waals surface area contributed by atoms with Crippen LogP contribution in [-0.2, 0) is 0 Å². The second-order valence-electron chi connectivity index (χ2n) is 6.00. The molecular weight excluding hydrogens is 236 g/mol. The molecule has 1 aliphatic carbocycles. The summed E-state index contributed by atoms with van der Waals surface area (Å²) in [7, 11) is 0. The summed E-state index contributed by atoms with van der Waals surface area (Å²) in [6.45, 7) is 4.51. The smallest absolute Gasteiger partial charge is 0.136 e. The molecule has 1 aromatic rings. The minimum atomic E-state index is 0.569. The maximum Gasteiger partial charge on any atom is 0.136 e. The van der Waals surface area contributed by atoms with Crippen molar-refractivity contribution in [2.24, 2.45) is 5.92 Å². The predicted octanol–water partition coefficient (Wildman–Crippen LogP) is 2.95. The van der Waals surface area contributed by atoms with E-state index in [0.29, 0.717) is 11.7 Å². The standard InChI is InChI=1S/C15H24N4/c1-2-3-11-6-8-19(9-7-11)14-10-13(16)17-15(18-14)12-4-5-12/h10-12H,2-9H2,1H3,(H2,16,17,18). The van der Waals surface area contributed by atoms with Gasteiger partial charge in [-0.3, -0.25) is 0 Å². The molecule has 0 aromatic carbocycles. The van der Waals surface area contributed by atoms with E-state index < -0.39 is 0 Å². The topological polar surface area (TPSA) is 55.0 Å². The van der Waals surface area contributed by atoms with Gasteiger partial charge in [-0.1, -0.05) is 19.8 Å². The average Bonchev–Trinajstić information content (AvgIpc) is 3.23. The van der Waals surface area contributed by atoms with E-state index in [1.807, 2.05) is 6.07 Å². The Hall–Kier alpha value is -1.32. The fourth-order valence-electron chi connectivity index (χ4n) is 3.02. The molecule has 4 nitrogen and oxygen atoms in total. The Morgan fingerprint density at radius 1 is 1.21 bits per heavy atom. The molecule has 2 heterocycles. The second kappa shape index (κ2) is 5.35. The number of nitrogens with two attached hydrogens (primary N) is 1. The average molecular weight is 260 g/mol. The normalized spacial score (nSPS) is 20.8. The summed E-state index contributed by atoms with van der Waals surface area (Å²) in [4.78, 5) is 11.5. The van der Waals surface area contributed by atoms with Gasteiger partial charge in [0.15, 0.2) is 0 Å². The molecule has 2 N–H and O–H groups in total. The van der Waals surface area contributed by atoms with E-state index in [0.717, 1.165) is 30.6 Å². The van der Waals surface area contributed by atoms with Crippen LogP contribution in [0.5, 0.6) is 0 Å². The van der Waals surface area contributed by atoms with Gasteiger partial charge in [-0.2, -0.15) is 0 Å². The van der Waals surface area contributed by atoms with Crippen molar-refractivity contribution >= 4 is 11.6 Å². The highest BCUT2D eigenvalue weighted by Gasteiger charge is 2.28. The van der Waals surface area contributed by atoms with Crippen molar-refractivity contribution in [3.05, 3.63) is 11.9 Å². The van der Waals surface area contributed by atoms with Gasteiger partial charge in [0, 0.05) is 25.1 Å². The van der Waals surface area contributed by atoms with E-state index in [1.165, 1.54) is 38.5 Å². The zero-order chi connectivity index (χ0) is 13.2. The first-order valence-corrected chi connectivity index (χ1v) is 7.65. The second-order valence-corrected chi connectivity index (χ2v) is 6.00. The molecule has 0 unspecified atom stereocenters. The number of rotatable bonds is 4. The van der Waals surface area contributed by atoms with Crippen LogP contribution in [0.25, 0.3) is 0 Å². The fraction of sp³-hybridized carbons (Fsp3) is 0.733. The lowest BCUT2D eigenvalue weighted by Crippen LogP contribution is -2.34. The minimum absolute atomic E-state index is 0.569. The van der Waals surface area contributed by atoms with E-state index in [1.54, 1.807) is 0 Å². The van der Waals surface area contributed by atoms with Gasteiger partial charge in [-0.15, -0.1) is 0 Å². The van der Waals surface area contributed by atoms with Crippen molar-refractivity contribution in [3.63, 3.8) is 0 Å². The number of aromatic nitrogens is 2. The first kappa shape index (κ1) is 12.7. The first-order valence-electron chi connectivity index (χ1n) is 7.65. The van der Waals surface area contributed by atoms with Gasteiger partial charge in [0.05, 0.1) is 0 Å². The third-order valence-electron chi connectivity index (χ3n) is 4.33. The Bertz CT molecular complexity index is 434. The molecule has 0 atom stereocenters. The SMILES string of the molecule is CCCC1CCN(c2cc(N)nc(C3CC3)n2)CC1. The molecule has 2 fully saturated rings.